The van der Waals surface area contributed by atoms with E-state index in [1.807, 2.05) is 0 Å². The number of rotatable bonds is 14. The van der Waals surface area contributed by atoms with Crippen molar-refractivity contribution < 1.29 is 0 Å². The maximum absolute atomic E-state index is 2.79. The van der Waals surface area contributed by atoms with Gasteiger partial charge in [-0.2, -0.15) is 0 Å². The molecule has 106 heavy (non-hydrogen) atoms. The van der Waals surface area contributed by atoms with E-state index in [0.29, 0.717) is 0 Å². The molecule has 16 aromatic carbocycles. The van der Waals surface area contributed by atoms with Crippen molar-refractivity contribution in [2.75, 3.05) is 22.9 Å². The third kappa shape index (κ3) is 11.9. The van der Waals surface area contributed by atoms with Crippen molar-refractivity contribution in [3.8, 4) is 66.8 Å². The highest BCUT2D eigenvalue weighted by molar-refractivity contribution is 7.00. The molecule has 2 aliphatic heterocycles. The van der Waals surface area contributed by atoms with Crippen LogP contribution in [0.5, 0.6) is 0 Å². The van der Waals surface area contributed by atoms with Crippen LogP contribution in [-0.4, -0.2) is 19.8 Å². The fraction of sp³-hybridized carbons (Fsp3) is 0.165. The zero-order valence-electron chi connectivity index (χ0n) is 62.5. The van der Waals surface area contributed by atoms with E-state index in [-0.39, 0.29) is 23.0 Å². The summed E-state index contributed by atoms with van der Waals surface area (Å²) < 4.78 is 0. The van der Waals surface area contributed by atoms with E-state index in [4.69, 9.17) is 0 Å². The topological polar surface area (TPSA) is 6.48 Å². The minimum absolute atomic E-state index is 0.0261. The lowest BCUT2D eigenvalue weighted by molar-refractivity contribution is 0.590. The number of nitrogens with zero attached hydrogens (tertiary/aromatic N) is 2. The molecule has 16 aromatic rings. The summed E-state index contributed by atoms with van der Waals surface area (Å²) in [5.74, 6) is 0. The Morgan fingerprint density at radius 3 is 1.17 bits per heavy atom. The van der Waals surface area contributed by atoms with Gasteiger partial charge in [-0.05, 0) is 225 Å². The zero-order valence-corrected chi connectivity index (χ0v) is 62.5. The highest BCUT2D eigenvalue weighted by Crippen LogP contribution is 2.48. The Bertz CT molecular complexity index is 5850. The molecule has 0 radical (unpaired) electrons. The first-order valence-corrected chi connectivity index (χ1v) is 38.3. The van der Waals surface area contributed by atoms with E-state index in [1.54, 1.807) is 0 Å². The second kappa shape index (κ2) is 26.3. The number of anilines is 4. The lowest BCUT2D eigenvalue weighted by atomic mass is 9.33. The second-order valence-electron chi connectivity index (χ2n) is 33.0. The molecular formula is C103H89BN2. The Hall–Kier alpha value is -11.5. The molecule has 18 rings (SSSR count). The molecule has 514 valence electrons. The first kappa shape index (κ1) is 66.4. The predicted molar refractivity (Wildman–Crippen MR) is 457 cm³/mol. The van der Waals surface area contributed by atoms with E-state index < -0.39 is 0 Å². The molecule has 0 fully saturated rings. The van der Waals surface area contributed by atoms with E-state index >= 15 is 0 Å². The summed E-state index contributed by atoms with van der Waals surface area (Å²) in [6.45, 7) is 22.5. The van der Waals surface area contributed by atoms with Crippen LogP contribution in [0.2, 0.25) is 0 Å². The van der Waals surface area contributed by atoms with Gasteiger partial charge in [0, 0.05) is 35.8 Å². The van der Waals surface area contributed by atoms with Gasteiger partial charge < -0.3 is 9.80 Å². The average Bonchev–Trinajstić information content (AvgIpc) is 0.701. The predicted octanol–water partition coefficient (Wildman–Crippen LogP) is 25.1. The molecule has 0 bridgehead atoms. The lowest BCUT2D eigenvalue weighted by Gasteiger charge is -2.45. The van der Waals surface area contributed by atoms with Crippen molar-refractivity contribution in [1.82, 2.24) is 0 Å². The average molecular weight is 1370 g/mol. The van der Waals surface area contributed by atoms with Crippen molar-refractivity contribution >= 4 is 88.9 Å². The van der Waals surface area contributed by atoms with Crippen LogP contribution in [0, 0.1) is 0 Å². The summed E-state index contributed by atoms with van der Waals surface area (Å²) in [4.78, 5) is 5.55. The molecule has 0 aromatic heterocycles. The Labute approximate surface area is 626 Å². The van der Waals surface area contributed by atoms with Crippen molar-refractivity contribution in [3.63, 3.8) is 0 Å². The number of hydrogen-bond acceptors (Lipinski definition) is 2. The summed E-state index contributed by atoms with van der Waals surface area (Å²) in [6.07, 6.45) is 2.35. The van der Waals surface area contributed by atoms with Crippen molar-refractivity contribution in [1.29, 1.82) is 0 Å². The first-order valence-electron chi connectivity index (χ1n) is 38.3. The van der Waals surface area contributed by atoms with Gasteiger partial charge in [0.25, 0.3) is 6.71 Å². The minimum Gasteiger partial charge on any atom is -0.342 e. The minimum atomic E-state index is -0.106. The van der Waals surface area contributed by atoms with Crippen LogP contribution in [0.3, 0.4) is 0 Å². The number of fused-ring (bicyclic) bond motifs is 6. The van der Waals surface area contributed by atoms with Crippen LogP contribution in [0.25, 0.3) is 110 Å². The lowest BCUT2D eigenvalue weighted by Crippen LogP contribution is -2.62. The Morgan fingerprint density at radius 2 is 0.689 bits per heavy atom. The SMILES string of the molecule is CC(C)(C)c1ccc(Cc2cc3c4c(c2)N(CCc2c(-c5ccccc5)cc(C(C)(C)C)cc2-c2ccccc2)c2cc(-c5ccc6c7cccc8cccc(c9cccc5c96)c87)ccc2B4c2cc(-c4ccccc4)ccc2N3CCc2c(-c3ccccc3)cc(C(C)(C)C)cc2-c2ccccc2)cc1. The van der Waals surface area contributed by atoms with Crippen LogP contribution in [0.4, 0.5) is 22.7 Å². The molecule has 3 heteroatoms. The summed E-state index contributed by atoms with van der Waals surface area (Å²) in [5, 5.41) is 10.4. The standard InChI is InChI=1S/C103H89BN2/c1-101(2,3)77-48-44-67(45-49-77)58-68-59-96-100-97(60-68)106(57-55-82-90(72-34-21-13-22-35-72)65-79(103(7,8)9)66-91(82)73-36-23-14-24-37-73)95-62-76(80-50-51-87-85-41-26-39-74-38-25-40-84(98(74)85)86-43-27-42-83(80)99(86)87)46-52-92(95)104(100)93-61-75(69-28-15-10-16-29-69)47-53-94(93)105(96)56-54-81-88(70-30-17-11-18-31-70)63-78(102(4,5)6)64-89(81)71-32-19-12-20-33-71/h10-53,59-66H,54-58H2,1-9H3. The Morgan fingerprint density at radius 1 is 0.264 bits per heavy atom. The summed E-state index contributed by atoms with van der Waals surface area (Å²) >= 11 is 0. The van der Waals surface area contributed by atoms with E-state index in [0.717, 1.165) is 32.4 Å². The van der Waals surface area contributed by atoms with Crippen molar-refractivity contribution in [2.24, 2.45) is 0 Å². The van der Waals surface area contributed by atoms with Gasteiger partial charge in [0.1, 0.15) is 0 Å². The van der Waals surface area contributed by atoms with E-state index in [9.17, 15) is 0 Å². The summed E-state index contributed by atoms with van der Waals surface area (Å²) in [6, 6.07) is 121. The molecule has 0 saturated carbocycles. The fourth-order valence-electron chi connectivity index (χ4n) is 17.7. The highest BCUT2D eigenvalue weighted by Gasteiger charge is 2.44. The van der Waals surface area contributed by atoms with Crippen molar-refractivity contribution in [3.05, 3.63) is 354 Å². The molecule has 2 nitrogen and oxygen atoms in total. The van der Waals surface area contributed by atoms with Crippen LogP contribution in [-0.2, 0) is 35.5 Å². The van der Waals surface area contributed by atoms with Gasteiger partial charge >= 0.3 is 0 Å². The van der Waals surface area contributed by atoms with Gasteiger partial charge in [-0.3, -0.25) is 0 Å². The third-order valence-electron chi connectivity index (χ3n) is 23.2. The zero-order chi connectivity index (χ0) is 72.2. The van der Waals surface area contributed by atoms with Gasteiger partial charge in [-0.1, -0.05) is 353 Å². The molecule has 2 aliphatic rings. The molecule has 0 spiro atoms. The number of hydrogen-bond donors (Lipinski definition) is 0. The van der Waals surface area contributed by atoms with Gasteiger partial charge in [0.15, 0.2) is 0 Å². The van der Waals surface area contributed by atoms with E-state index in [2.05, 4.69) is 388 Å². The van der Waals surface area contributed by atoms with Crippen molar-refractivity contribution in [2.45, 2.75) is 97.8 Å². The molecule has 2 heterocycles. The fourth-order valence-corrected chi connectivity index (χ4v) is 17.7. The largest absolute Gasteiger partial charge is 0.342 e. The Kier molecular flexibility index (Phi) is 16.5. The molecule has 0 saturated heterocycles. The quantitative estimate of drug-likeness (QED) is 0.0608. The van der Waals surface area contributed by atoms with Crippen LogP contribution in [0.1, 0.15) is 101 Å². The highest BCUT2D eigenvalue weighted by atomic mass is 15.2. The van der Waals surface area contributed by atoms with Gasteiger partial charge in [0.2, 0.25) is 0 Å². The molecular weight excluding hydrogens is 1280 g/mol. The summed E-state index contributed by atoms with van der Waals surface area (Å²) in [7, 11) is 0. The maximum Gasteiger partial charge on any atom is 0.252 e. The first-order chi connectivity index (χ1) is 51.5. The smallest absolute Gasteiger partial charge is 0.252 e. The van der Waals surface area contributed by atoms with Crippen LogP contribution < -0.4 is 26.2 Å². The molecule has 0 atom stereocenters. The second-order valence-corrected chi connectivity index (χ2v) is 33.0. The monoisotopic (exact) mass is 1360 g/mol. The molecule has 0 N–H and O–H groups in total. The Balaban J connectivity index is 0.899. The van der Waals surface area contributed by atoms with Crippen LogP contribution >= 0.6 is 0 Å². The van der Waals surface area contributed by atoms with Gasteiger partial charge in [0.05, 0.1) is 0 Å². The number of benzene rings is 16. The van der Waals surface area contributed by atoms with Crippen LogP contribution in [0.15, 0.2) is 315 Å². The normalized spacial score (nSPS) is 12.9. The maximum atomic E-state index is 2.79. The van der Waals surface area contributed by atoms with E-state index in [1.165, 1.54) is 188 Å². The van der Waals surface area contributed by atoms with Gasteiger partial charge in [-0.15, -0.1) is 0 Å². The molecule has 0 aliphatic carbocycles. The molecule has 0 unspecified atom stereocenters. The molecule has 0 amide bonds. The third-order valence-corrected chi connectivity index (χ3v) is 23.2. The van der Waals surface area contributed by atoms with Gasteiger partial charge in [-0.25, -0.2) is 0 Å². The summed E-state index contributed by atoms with van der Waals surface area (Å²) in [5.41, 5.74) is 33.2.